The Labute approximate surface area is 519 Å². The molecule has 90 heavy (non-hydrogen) atoms. The minimum Gasteiger partial charge on any atom is -0.497 e. The topological polar surface area (TPSA) is 284 Å². The Morgan fingerprint density at radius 3 is 1.34 bits per heavy atom. The number of nitriles is 1. The molecule has 0 bridgehead atoms. The lowest BCUT2D eigenvalue weighted by molar-refractivity contribution is 0.414. The first-order valence-corrected chi connectivity index (χ1v) is 32.7. The van der Waals surface area contributed by atoms with Crippen LogP contribution in [0.5, 0.6) is 5.75 Å². The van der Waals surface area contributed by atoms with E-state index in [9.17, 15) is 35.3 Å². The zero-order valence-corrected chi connectivity index (χ0v) is 52.4. The summed E-state index contributed by atoms with van der Waals surface area (Å²) >= 11 is 0. The van der Waals surface area contributed by atoms with Gasteiger partial charge in [0.2, 0.25) is 5.56 Å². The number of rotatable bonds is 14. The van der Waals surface area contributed by atoms with Gasteiger partial charge in [0.05, 0.1) is 84.0 Å². The maximum absolute atomic E-state index is 13.1. The molecule has 0 saturated heterocycles. The summed E-state index contributed by atoms with van der Waals surface area (Å²) in [5, 5.41) is 25.3. The van der Waals surface area contributed by atoms with E-state index in [1.54, 1.807) is 114 Å². The van der Waals surface area contributed by atoms with Crippen LogP contribution in [0.4, 0.5) is 17.5 Å². The maximum atomic E-state index is 13.1. The number of benzene rings is 6. The number of aromatic nitrogens is 9. The van der Waals surface area contributed by atoms with Gasteiger partial charge in [0.1, 0.15) is 23.2 Å². The number of nitrogens with zero attached hydrogens (tertiary/aromatic N) is 9. The third-order valence-corrected chi connectivity index (χ3v) is 19.1. The first-order chi connectivity index (χ1) is 42.9. The molecule has 456 valence electrons. The van der Waals surface area contributed by atoms with E-state index >= 15 is 0 Å². The van der Waals surface area contributed by atoms with Gasteiger partial charge in [-0.25, -0.2) is 39.3 Å². The Balaban J connectivity index is 0.000000139. The fourth-order valence-corrected chi connectivity index (χ4v) is 13.3. The van der Waals surface area contributed by atoms with Crippen LogP contribution in [0.3, 0.4) is 0 Å². The summed E-state index contributed by atoms with van der Waals surface area (Å²) in [5.41, 5.74) is 7.58. The predicted octanol–water partition coefficient (Wildman–Crippen LogP) is 11.7. The van der Waals surface area contributed by atoms with Gasteiger partial charge < -0.3 is 9.72 Å². The average molecular weight is 1260 g/mol. The van der Waals surface area contributed by atoms with Gasteiger partial charge in [-0.15, -0.1) is 0 Å². The number of fused-ring (bicyclic) bond motifs is 3. The first kappa shape index (κ1) is 61.2. The lowest BCUT2D eigenvalue weighted by Crippen LogP contribution is -2.17. The fraction of sp³-hybridized carbons (Fsp3) is 0.167. The van der Waals surface area contributed by atoms with Gasteiger partial charge in [0.15, 0.2) is 0 Å². The van der Waals surface area contributed by atoms with Crippen molar-refractivity contribution < 1.29 is 30.0 Å². The minimum absolute atomic E-state index is 0.0687. The van der Waals surface area contributed by atoms with Gasteiger partial charge in [-0.05, 0) is 165 Å². The molecule has 0 amide bonds. The van der Waals surface area contributed by atoms with E-state index in [2.05, 4.69) is 71.3 Å². The Kier molecular flexibility index (Phi) is 16.5. The van der Waals surface area contributed by atoms with Crippen molar-refractivity contribution >= 4 is 80.2 Å². The Morgan fingerprint density at radius 1 is 0.522 bits per heavy atom. The van der Waals surface area contributed by atoms with Crippen molar-refractivity contribution in [1.82, 2.24) is 44.3 Å². The highest BCUT2D eigenvalue weighted by Gasteiger charge is 2.45. The zero-order chi connectivity index (χ0) is 63.8. The number of hydrogen-bond donors (Lipinski definition) is 4. The average Bonchev–Trinajstić information content (AvgIpc) is 1.59. The fourth-order valence-electron chi connectivity index (χ4n) is 10.2. The van der Waals surface area contributed by atoms with E-state index in [0.717, 1.165) is 62.5 Å². The molecule has 1 saturated carbocycles. The molecular formula is C66H61N13O8S3. The number of ether oxygens (including phenoxy) is 1. The van der Waals surface area contributed by atoms with Crippen molar-refractivity contribution in [3.05, 3.63) is 233 Å². The summed E-state index contributed by atoms with van der Waals surface area (Å²) in [6, 6.07) is 54.3. The van der Waals surface area contributed by atoms with Crippen LogP contribution in [0.25, 0.3) is 49.8 Å². The Bertz CT molecular complexity index is 5130. The summed E-state index contributed by atoms with van der Waals surface area (Å²) in [5.74, 6) is 1.59. The van der Waals surface area contributed by atoms with Gasteiger partial charge in [-0.1, -0.05) is 63.2 Å². The van der Waals surface area contributed by atoms with E-state index in [1.807, 2.05) is 92.7 Å². The van der Waals surface area contributed by atoms with Crippen LogP contribution in [0.15, 0.2) is 214 Å². The van der Waals surface area contributed by atoms with Gasteiger partial charge in [-0.2, -0.15) is 20.6 Å². The first-order valence-electron chi connectivity index (χ1n) is 28.3. The normalized spacial score (nSPS) is 12.9. The summed E-state index contributed by atoms with van der Waals surface area (Å²) in [4.78, 5) is 23.6. The number of sulfonamides is 3. The zero-order valence-electron chi connectivity index (χ0n) is 49.9. The predicted molar refractivity (Wildman–Crippen MR) is 347 cm³/mol. The molecule has 0 radical (unpaired) electrons. The monoisotopic (exact) mass is 1260 g/mol. The summed E-state index contributed by atoms with van der Waals surface area (Å²) in [6.07, 6.45) is 5.05. The number of methoxy groups -OCH3 is 1. The Morgan fingerprint density at radius 2 is 0.933 bits per heavy atom. The highest BCUT2D eigenvalue weighted by Crippen LogP contribution is 2.47. The smallest absolute Gasteiger partial charge is 0.263 e. The molecule has 6 heterocycles. The summed E-state index contributed by atoms with van der Waals surface area (Å²) < 4.78 is 95.7. The number of pyridine rings is 3. The number of nitrogens with one attached hydrogen (secondary N) is 4. The summed E-state index contributed by atoms with van der Waals surface area (Å²) in [6.45, 7) is 11.6. The van der Waals surface area contributed by atoms with Crippen LogP contribution in [-0.2, 0) is 40.9 Å². The van der Waals surface area contributed by atoms with Crippen LogP contribution in [-0.4, -0.2) is 76.7 Å². The molecule has 0 atom stereocenters. The second kappa shape index (κ2) is 24.2. The molecule has 0 unspecified atom stereocenters. The summed E-state index contributed by atoms with van der Waals surface area (Å²) in [7, 11) is -9.92. The highest BCUT2D eigenvalue weighted by atomic mass is 32.2. The largest absolute Gasteiger partial charge is 0.497 e. The number of anilines is 3. The van der Waals surface area contributed by atoms with Crippen molar-refractivity contribution in [3.63, 3.8) is 0 Å². The molecule has 21 nitrogen and oxygen atoms in total. The Hall–Kier alpha value is -10.5. The van der Waals surface area contributed by atoms with Crippen LogP contribution < -0.4 is 24.5 Å². The van der Waals surface area contributed by atoms with Gasteiger partial charge in [-0.3, -0.25) is 28.9 Å². The van der Waals surface area contributed by atoms with Crippen LogP contribution >= 0.6 is 0 Å². The molecule has 1 fully saturated rings. The molecule has 6 aromatic carbocycles. The molecule has 1 aliphatic carbocycles. The van der Waals surface area contributed by atoms with Gasteiger partial charge in [0.25, 0.3) is 30.1 Å². The molecule has 4 N–H and O–H groups in total. The quantitative estimate of drug-likeness (QED) is 0.0788. The molecular weight excluding hydrogens is 1200 g/mol. The highest BCUT2D eigenvalue weighted by molar-refractivity contribution is 7.93. The van der Waals surface area contributed by atoms with Crippen molar-refractivity contribution in [3.8, 4) is 28.9 Å². The van der Waals surface area contributed by atoms with E-state index in [0.29, 0.717) is 51.5 Å². The standard InChI is InChI=1S/C23H19N5O2S.C23H24N4O3S.C20H18N4O3S/c1-16-14-22(28(26-16)21-6-2-5-20-19(21)4-3-13-25-20)27-31(29,30)18-9-7-17(8-10-18)23(15-24)11-12-23;1-15-14-21(26-31(29,30)17-10-8-16(9-11-17)23(2,3)4)27(25-15)20-7-5-6-19-18(20)12-13-22(28)24-19;1-14-13-20(23-28(25,26)16-10-8-15(27-2)9-11-16)24(22-14)19-7-3-6-18-17(19)5-4-12-21-18/h2-10,13-14,27H,11-12H2,1H3;5-14,26H,1-4H3,(H,24,28);3-13,23H,1-2H3. The van der Waals surface area contributed by atoms with Crippen LogP contribution in [0, 0.1) is 32.1 Å². The molecule has 0 aliphatic heterocycles. The lowest BCUT2D eigenvalue weighted by atomic mass is 9.87. The molecule has 0 spiro atoms. The second-order valence-electron chi connectivity index (χ2n) is 22.5. The SMILES string of the molecule is COc1ccc(S(=O)(=O)Nc2cc(C)nn2-c2cccc3ncccc23)cc1.Cc1cc(NS(=O)(=O)c2ccc(C(C)(C)C)cc2)n(-c2cccc3[nH]c(=O)ccc23)n1.Cc1cc(NS(=O)(=O)c2ccc(C3(C#N)CC3)cc2)n(-c2cccc3ncccc23)n1. The second-order valence-corrected chi connectivity index (χ2v) is 27.5. The van der Waals surface area contributed by atoms with Crippen molar-refractivity contribution in [1.29, 1.82) is 5.26 Å². The van der Waals surface area contributed by atoms with Crippen molar-refractivity contribution in [2.24, 2.45) is 0 Å². The minimum atomic E-state index is -3.84. The van der Waals surface area contributed by atoms with Gasteiger partial charge in [0, 0.05) is 52.8 Å². The van der Waals surface area contributed by atoms with Crippen LogP contribution in [0.2, 0.25) is 0 Å². The number of aryl methyl sites for hydroxylation is 3. The third-order valence-electron chi connectivity index (χ3n) is 15.0. The van der Waals surface area contributed by atoms with Crippen molar-refractivity contribution in [2.45, 2.75) is 79.9 Å². The molecule has 24 heteroatoms. The van der Waals surface area contributed by atoms with E-state index in [-0.39, 0.29) is 25.7 Å². The molecule has 12 aromatic rings. The number of aromatic amines is 1. The molecule has 6 aromatic heterocycles. The number of hydrogen-bond acceptors (Lipinski definition) is 14. The molecule has 1 aliphatic rings. The third kappa shape index (κ3) is 12.9. The van der Waals surface area contributed by atoms with E-state index < -0.39 is 35.5 Å². The van der Waals surface area contributed by atoms with E-state index in [1.165, 1.54) is 30.0 Å². The number of H-pyrrole nitrogens is 1. The molecule has 13 rings (SSSR count). The maximum Gasteiger partial charge on any atom is 0.263 e. The van der Waals surface area contributed by atoms with Gasteiger partial charge >= 0.3 is 0 Å². The van der Waals surface area contributed by atoms with Crippen molar-refractivity contribution in [2.75, 3.05) is 21.3 Å². The van der Waals surface area contributed by atoms with E-state index in [4.69, 9.17) is 4.74 Å². The van der Waals surface area contributed by atoms with Crippen LogP contribution in [0.1, 0.15) is 61.8 Å². The lowest BCUT2D eigenvalue weighted by Gasteiger charge is -2.19.